The van der Waals surface area contributed by atoms with E-state index in [1.54, 1.807) is 0 Å². The van der Waals surface area contributed by atoms with Crippen LogP contribution in [-0.2, 0) is 11.3 Å². The Hall–Kier alpha value is -0.810. The average molecular weight is 229 g/mol. The van der Waals surface area contributed by atoms with Crippen LogP contribution in [0.1, 0.15) is 5.56 Å². The van der Waals surface area contributed by atoms with Crippen LogP contribution < -0.4 is 5.32 Å². The number of amides is 1. The third kappa shape index (κ3) is 3.51. The smallest absolute Gasteiger partial charge is 0.407 e. The first-order valence-electron chi connectivity index (χ1n) is 4.01. The Morgan fingerprint density at radius 1 is 1.50 bits per heavy atom. The van der Waals surface area contributed by atoms with Crippen LogP contribution in [-0.4, -0.2) is 13.1 Å². The molecule has 0 unspecified atom stereocenters. The average Bonchev–Trinajstić information content (AvgIpc) is 2.26. The lowest BCUT2D eigenvalue weighted by molar-refractivity contribution is 0.142. The monoisotopic (exact) mass is 229 g/mol. The summed E-state index contributed by atoms with van der Waals surface area (Å²) in [5.41, 5.74) is 0.958. The quantitative estimate of drug-likeness (QED) is 0.618. The zero-order valence-corrected chi connectivity index (χ0v) is 9.40. The number of rotatable bonds is 3. The maximum atomic E-state index is 10.8. The highest BCUT2D eigenvalue weighted by Crippen LogP contribution is 2.21. The second-order valence-corrected chi connectivity index (χ2v) is 3.76. The van der Waals surface area contributed by atoms with Gasteiger partial charge < -0.3 is 10.1 Å². The van der Waals surface area contributed by atoms with Crippen molar-refractivity contribution in [3.63, 3.8) is 0 Å². The fourth-order valence-electron chi connectivity index (χ4n) is 0.868. The number of carbonyl (C=O) groups is 1. The molecule has 3 nitrogen and oxygen atoms in total. The van der Waals surface area contributed by atoms with E-state index in [4.69, 9.17) is 4.74 Å². The van der Waals surface area contributed by atoms with Gasteiger partial charge in [-0.2, -0.15) is 0 Å². The van der Waals surface area contributed by atoms with Crippen LogP contribution in [0.25, 0.3) is 0 Å². The maximum Gasteiger partial charge on any atom is 0.407 e. The minimum Gasteiger partial charge on any atom is -0.445 e. The third-order valence-corrected chi connectivity index (χ3v) is 2.72. The van der Waals surface area contributed by atoms with Crippen LogP contribution in [0.2, 0.25) is 0 Å². The number of ether oxygens (including phenoxy) is 1. The molecule has 5 heteroatoms. The van der Waals surface area contributed by atoms with Gasteiger partial charge in [0.25, 0.3) is 0 Å². The Morgan fingerprint density at radius 2 is 2.14 bits per heavy atom. The number of benzene rings is 1. The predicted octanol–water partition coefficient (Wildman–Crippen LogP) is 2.48. The van der Waals surface area contributed by atoms with E-state index in [1.807, 2.05) is 24.3 Å². The molecule has 0 atom stereocenters. The molecule has 76 valence electrons. The fourth-order valence-corrected chi connectivity index (χ4v) is 1.49. The van der Waals surface area contributed by atoms with Crippen LogP contribution in [0.15, 0.2) is 29.2 Å². The minimum absolute atomic E-state index is 0.289. The number of hydrogen-bond acceptors (Lipinski definition) is 4. The number of nitrogens with one attached hydrogen (secondary N) is 1. The van der Waals surface area contributed by atoms with Crippen molar-refractivity contribution >= 4 is 28.5 Å². The summed E-state index contributed by atoms with van der Waals surface area (Å²) in [6.07, 6.45) is -0.419. The van der Waals surface area contributed by atoms with Gasteiger partial charge in [0.1, 0.15) is 6.61 Å². The van der Waals surface area contributed by atoms with Gasteiger partial charge in [-0.05, 0) is 17.7 Å². The Balaban J connectivity index is 2.47. The van der Waals surface area contributed by atoms with E-state index in [1.165, 1.54) is 17.8 Å². The van der Waals surface area contributed by atoms with Gasteiger partial charge in [-0.1, -0.05) is 22.9 Å². The van der Waals surface area contributed by atoms with Crippen molar-refractivity contribution in [3.8, 4) is 0 Å². The van der Waals surface area contributed by atoms with Crippen LogP contribution in [0.5, 0.6) is 0 Å². The summed E-state index contributed by atoms with van der Waals surface area (Å²) < 4.78 is 4.87. The van der Waals surface area contributed by atoms with Crippen LogP contribution in [0.3, 0.4) is 0 Å². The first kappa shape index (κ1) is 11.3. The van der Waals surface area contributed by atoms with Gasteiger partial charge in [-0.3, -0.25) is 0 Å². The molecule has 0 heterocycles. The predicted molar refractivity (Wildman–Crippen MR) is 60.5 cm³/mol. The largest absolute Gasteiger partial charge is 0.445 e. The van der Waals surface area contributed by atoms with Crippen molar-refractivity contribution in [2.75, 3.05) is 7.05 Å². The normalized spacial score (nSPS) is 9.57. The molecule has 1 N–H and O–H groups in total. The summed E-state index contributed by atoms with van der Waals surface area (Å²) in [6.45, 7) is 0.289. The Bertz CT molecular complexity index is 300. The van der Waals surface area contributed by atoms with Gasteiger partial charge in [0, 0.05) is 11.9 Å². The van der Waals surface area contributed by atoms with Crippen LogP contribution >= 0.6 is 22.5 Å². The van der Waals surface area contributed by atoms with Crippen molar-refractivity contribution < 1.29 is 9.53 Å². The first-order valence-corrected chi connectivity index (χ1v) is 5.88. The lowest BCUT2D eigenvalue weighted by Gasteiger charge is -2.04. The molecule has 1 aromatic carbocycles. The molecule has 0 aliphatic carbocycles. The van der Waals surface area contributed by atoms with Crippen molar-refractivity contribution in [1.29, 1.82) is 0 Å². The van der Waals surface area contributed by atoms with E-state index in [9.17, 15) is 4.79 Å². The zero-order valence-electron chi connectivity index (χ0n) is 7.69. The minimum atomic E-state index is -0.419. The van der Waals surface area contributed by atoms with E-state index in [-0.39, 0.29) is 6.61 Å². The lowest BCUT2D eigenvalue weighted by atomic mass is 10.2. The number of thiol groups is 1. The molecule has 0 saturated heterocycles. The molecule has 0 aromatic heterocycles. The van der Waals surface area contributed by atoms with Crippen molar-refractivity contribution in [2.24, 2.45) is 0 Å². The topological polar surface area (TPSA) is 38.3 Å². The van der Waals surface area contributed by atoms with Crippen molar-refractivity contribution in [3.05, 3.63) is 29.8 Å². The van der Waals surface area contributed by atoms with Crippen LogP contribution in [0, 0.1) is 0 Å². The standard InChI is InChI=1S/C9H11NO2S2/c1-10-9(11)12-6-7-2-4-8(14-13)5-3-7/h2-5,13H,6H2,1H3,(H,10,11). The summed E-state index contributed by atoms with van der Waals surface area (Å²) >= 11 is 4.07. The van der Waals surface area contributed by atoms with E-state index >= 15 is 0 Å². The van der Waals surface area contributed by atoms with E-state index < -0.39 is 6.09 Å². The highest BCUT2D eigenvalue weighted by molar-refractivity contribution is 8.68. The van der Waals surface area contributed by atoms with Gasteiger partial charge in [0.15, 0.2) is 0 Å². The number of alkyl carbamates (subject to hydrolysis) is 1. The summed E-state index contributed by atoms with van der Waals surface area (Å²) in [5, 5.41) is 2.38. The molecule has 0 saturated carbocycles. The summed E-state index contributed by atoms with van der Waals surface area (Å²) in [6, 6.07) is 7.67. The molecule has 14 heavy (non-hydrogen) atoms. The summed E-state index contributed by atoms with van der Waals surface area (Å²) in [4.78, 5) is 11.8. The SMILES string of the molecule is CNC(=O)OCc1ccc(SS)cc1. The van der Waals surface area contributed by atoms with Gasteiger partial charge >= 0.3 is 6.09 Å². The Labute approximate surface area is 92.0 Å². The van der Waals surface area contributed by atoms with E-state index in [2.05, 4.69) is 17.0 Å². The Kier molecular flexibility index (Phi) is 4.69. The molecule has 0 radical (unpaired) electrons. The highest BCUT2D eigenvalue weighted by Gasteiger charge is 1.98. The second-order valence-electron chi connectivity index (χ2n) is 2.56. The van der Waals surface area contributed by atoms with Crippen molar-refractivity contribution in [2.45, 2.75) is 11.5 Å². The molecule has 0 aliphatic rings. The Morgan fingerprint density at radius 3 is 2.64 bits per heavy atom. The third-order valence-electron chi connectivity index (χ3n) is 1.60. The first-order chi connectivity index (χ1) is 6.76. The van der Waals surface area contributed by atoms with Gasteiger partial charge in [-0.15, -0.1) is 11.7 Å². The molecule has 1 aromatic rings. The molecule has 1 amide bonds. The molecular weight excluding hydrogens is 218 g/mol. The molecule has 0 aliphatic heterocycles. The lowest BCUT2D eigenvalue weighted by Crippen LogP contribution is -2.18. The van der Waals surface area contributed by atoms with E-state index in [0.717, 1.165) is 10.5 Å². The van der Waals surface area contributed by atoms with Gasteiger partial charge in [-0.25, -0.2) is 4.79 Å². The summed E-state index contributed by atoms with van der Waals surface area (Å²) in [7, 11) is 2.91. The maximum absolute atomic E-state index is 10.8. The van der Waals surface area contributed by atoms with E-state index in [0.29, 0.717) is 0 Å². The second kappa shape index (κ2) is 5.82. The fraction of sp³-hybridized carbons (Fsp3) is 0.222. The summed E-state index contributed by atoms with van der Waals surface area (Å²) in [5.74, 6) is 0. The molecule has 0 spiro atoms. The zero-order chi connectivity index (χ0) is 10.4. The molecule has 0 fully saturated rings. The molecular formula is C9H11NO2S2. The van der Waals surface area contributed by atoms with Gasteiger partial charge in [0.2, 0.25) is 0 Å². The molecule has 1 rings (SSSR count). The highest BCUT2D eigenvalue weighted by atomic mass is 33.1. The number of hydrogen-bond donors (Lipinski definition) is 2. The van der Waals surface area contributed by atoms with Crippen molar-refractivity contribution in [1.82, 2.24) is 5.32 Å². The van der Waals surface area contributed by atoms with Crippen LogP contribution in [0.4, 0.5) is 4.79 Å². The van der Waals surface area contributed by atoms with Gasteiger partial charge in [0.05, 0.1) is 0 Å². The number of carbonyl (C=O) groups excluding carboxylic acids is 1. The molecule has 0 bridgehead atoms.